The van der Waals surface area contributed by atoms with Crippen LogP contribution in [0, 0.1) is 5.82 Å². The largest absolute Gasteiger partial charge is 0.379 e. The first-order valence-electron chi connectivity index (χ1n) is 5.95. The Morgan fingerprint density at radius 2 is 2.29 bits per heavy atom. The minimum atomic E-state index is -0.214. The Morgan fingerprint density at radius 1 is 1.53 bits per heavy atom. The Bertz CT molecular complexity index is 389. The molecule has 2 N–H and O–H groups in total. The molecular weight excluding hydrogens is 219 g/mol. The van der Waals surface area contributed by atoms with Crippen molar-refractivity contribution >= 4 is 5.69 Å². The zero-order valence-corrected chi connectivity index (χ0v) is 10.3. The molecule has 1 fully saturated rings. The molecule has 0 aromatic heterocycles. The third-order valence-electron chi connectivity index (χ3n) is 3.33. The Kier molecular flexibility index (Phi) is 3.64. The van der Waals surface area contributed by atoms with E-state index in [0.29, 0.717) is 12.3 Å². The molecule has 1 aromatic rings. The molecule has 0 spiro atoms. The van der Waals surface area contributed by atoms with Crippen LogP contribution in [-0.4, -0.2) is 26.3 Å². The van der Waals surface area contributed by atoms with E-state index in [1.165, 1.54) is 6.07 Å². The van der Waals surface area contributed by atoms with E-state index in [4.69, 9.17) is 10.5 Å². The first-order chi connectivity index (χ1) is 8.09. The molecule has 1 aliphatic rings. The van der Waals surface area contributed by atoms with Gasteiger partial charge < -0.3 is 15.4 Å². The van der Waals surface area contributed by atoms with Gasteiger partial charge in [-0.15, -0.1) is 0 Å². The molecule has 4 heteroatoms. The fourth-order valence-corrected chi connectivity index (χ4v) is 2.12. The number of hydrogen-bond donors (Lipinski definition) is 1. The van der Waals surface area contributed by atoms with E-state index in [-0.39, 0.29) is 17.9 Å². The Morgan fingerprint density at radius 3 is 2.82 bits per heavy atom. The minimum Gasteiger partial charge on any atom is -0.379 e. The summed E-state index contributed by atoms with van der Waals surface area (Å²) < 4.78 is 19.3. The summed E-state index contributed by atoms with van der Waals surface area (Å²) in [6.07, 6.45) is 0.949. The highest BCUT2D eigenvalue weighted by atomic mass is 19.1. The fraction of sp³-hybridized carbons (Fsp3) is 0.538. The van der Waals surface area contributed by atoms with E-state index in [0.717, 1.165) is 18.6 Å². The van der Waals surface area contributed by atoms with Crippen molar-refractivity contribution in [3.63, 3.8) is 0 Å². The average molecular weight is 238 g/mol. The van der Waals surface area contributed by atoms with Crippen LogP contribution in [-0.2, 0) is 4.74 Å². The van der Waals surface area contributed by atoms with Crippen LogP contribution in [0.4, 0.5) is 10.1 Å². The Hall–Kier alpha value is -1.13. The summed E-state index contributed by atoms with van der Waals surface area (Å²) >= 11 is 0. The highest BCUT2D eigenvalue weighted by Gasteiger charge is 2.22. The van der Waals surface area contributed by atoms with Crippen LogP contribution >= 0.6 is 0 Å². The third kappa shape index (κ3) is 2.58. The molecule has 1 saturated heterocycles. The fourth-order valence-electron chi connectivity index (χ4n) is 2.12. The van der Waals surface area contributed by atoms with E-state index in [2.05, 4.69) is 0 Å². The van der Waals surface area contributed by atoms with Gasteiger partial charge >= 0.3 is 0 Å². The van der Waals surface area contributed by atoms with Gasteiger partial charge in [0, 0.05) is 19.7 Å². The van der Waals surface area contributed by atoms with Crippen LogP contribution in [0.25, 0.3) is 0 Å². The zero-order chi connectivity index (χ0) is 12.4. The van der Waals surface area contributed by atoms with E-state index >= 15 is 0 Å². The molecule has 1 aliphatic heterocycles. The summed E-state index contributed by atoms with van der Waals surface area (Å²) in [5.41, 5.74) is 7.17. The van der Waals surface area contributed by atoms with Gasteiger partial charge in [-0.25, -0.2) is 4.39 Å². The molecule has 2 atom stereocenters. The van der Waals surface area contributed by atoms with Crippen LogP contribution in [0.3, 0.4) is 0 Å². The monoisotopic (exact) mass is 238 g/mol. The van der Waals surface area contributed by atoms with E-state index in [1.807, 2.05) is 24.9 Å². The maximum absolute atomic E-state index is 14.0. The smallest absolute Gasteiger partial charge is 0.146 e. The number of likely N-dealkylation sites (N-methyl/N-ethyl adjacent to an activating group) is 1. The average Bonchev–Trinajstić information content (AvgIpc) is 2.81. The van der Waals surface area contributed by atoms with Gasteiger partial charge in [0.2, 0.25) is 0 Å². The lowest BCUT2D eigenvalue weighted by atomic mass is 10.1. The molecule has 0 radical (unpaired) electrons. The lowest BCUT2D eigenvalue weighted by Gasteiger charge is -2.26. The van der Waals surface area contributed by atoms with Crippen molar-refractivity contribution in [3.8, 4) is 0 Å². The van der Waals surface area contributed by atoms with Crippen molar-refractivity contribution in [1.29, 1.82) is 0 Å². The highest BCUT2D eigenvalue weighted by molar-refractivity contribution is 5.50. The molecule has 0 bridgehead atoms. The van der Waals surface area contributed by atoms with E-state index in [1.54, 1.807) is 6.07 Å². The van der Waals surface area contributed by atoms with Crippen molar-refractivity contribution in [3.05, 3.63) is 29.6 Å². The predicted molar refractivity (Wildman–Crippen MR) is 66.6 cm³/mol. The van der Waals surface area contributed by atoms with Gasteiger partial charge in [-0.2, -0.15) is 0 Å². The summed E-state index contributed by atoms with van der Waals surface area (Å²) in [6, 6.07) is 5.33. The number of rotatable bonds is 3. The quantitative estimate of drug-likeness (QED) is 0.876. The molecule has 94 valence electrons. The van der Waals surface area contributed by atoms with E-state index in [9.17, 15) is 4.39 Å². The zero-order valence-electron chi connectivity index (χ0n) is 10.3. The number of halogens is 1. The first-order valence-corrected chi connectivity index (χ1v) is 5.95. The number of anilines is 1. The topological polar surface area (TPSA) is 38.5 Å². The molecule has 2 unspecified atom stereocenters. The van der Waals surface area contributed by atoms with Crippen LogP contribution in [0.15, 0.2) is 18.2 Å². The van der Waals surface area contributed by atoms with Gasteiger partial charge in [0.15, 0.2) is 0 Å². The van der Waals surface area contributed by atoms with Crippen molar-refractivity contribution in [2.45, 2.75) is 25.4 Å². The Balaban J connectivity index is 2.20. The summed E-state index contributed by atoms with van der Waals surface area (Å²) in [4.78, 5) is 1.95. The number of ether oxygens (including phenoxy) is 1. The molecule has 1 heterocycles. The SMILES string of the molecule is CC(N)c1ccc(N(C)C2CCOC2)c(F)c1. The maximum atomic E-state index is 14.0. The molecule has 3 nitrogen and oxygen atoms in total. The molecule has 0 aliphatic carbocycles. The normalized spacial score (nSPS) is 21.5. The standard InChI is InChI=1S/C13H19FN2O/c1-9(15)10-3-4-13(12(14)7-10)16(2)11-5-6-17-8-11/h3-4,7,9,11H,5-6,8,15H2,1-2H3. The number of benzene rings is 1. The van der Waals surface area contributed by atoms with Gasteiger partial charge in [0.05, 0.1) is 18.3 Å². The summed E-state index contributed by atoms with van der Waals surface area (Å²) in [7, 11) is 1.91. The van der Waals surface area contributed by atoms with Crippen molar-refractivity contribution in [2.75, 3.05) is 25.2 Å². The second-order valence-electron chi connectivity index (χ2n) is 4.63. The second kappa shape index (κ2) is 5.02. The summed E-state index contributed by atoms with van der Waals surface area (Å²) in [5, 5.41) is 0. The summed E-state index contributed by atoms with van der Waals surface area (Å²) in [6.45, 7) is 3.28. The molecule has 0 saturated carbocycles. The predicted octanol–water partition coefficient (Wildman–Crippen LogP) is 2.07. The lowest BCUT2D eigenvalue weighted by Crippen LogP contribution is -2.32. The van der Waals surface area contributed by atoms with Crippen molar-refractivity contribution in [2.24, 2.45) is 5.73 Å². The van der Waals surface area contributed by atoms with E-state index < -0.39 is 0 Å². The highest BCUT2D eigenvalue weighted by Crippen LogP contribution is 2.25. The van der Waals surface area contributed by atoms with Crippen molar-refractivity contribution in [1.82, 2.24) is 0 Å². The third-order valence-corrected chi connectivity index (χ3v) is 3.33. The molecule has 0 amide bonds. The summed E-state index contributed by atoms with van der Waals surface area (Å²) in [5.74, 6) is -0.214. The lowest BCUT2D eigenvalue weighted by molar-refractivity contribution is 0.193. The minimum absolute atomic E-state index is 0.140. The molecule has 1 aromatic carbocycles. The molecule has 17 heavy (non-hydrogen) atoms. The van der Waals surface area contributed by atoms with Gasteiger partial charge in [-0.3, -0.25) is 0 Å². The van der Waals surface area contributed by atoms with Gasteiger partial charge in [-0.1, -0.05) is 6.07 Å². The number of hydrogen-bond acceptors (Lipinski definition) is 3. The van der Waals surface area contributed by atoms with Gasteiger partial charge in [0.25, 0.3) is 0 Å². The Labute approximate surface area is 101 Å². The number of nitrogens with zero attached hydrogens (tertiary/aromatic N) is 1. The van der Waals surface area contributed by atoms with Gasteiger partial charge in [0.1, 0.15) is 5.82 Å². The first kappa shape index (κ1) is 12.3. The molecule has 2 rings (SSSR count). The second-order valence-corrected chi connectivity index (χ2v) is 4.63. The molecular formula is C13H19FN2O. The van der Waals surface area contributed by atoms with Gasteiger partial charge in [-0.05, 0) is 31.0 Å². The van der Waals surface area contributed by atoms with Crippen LogP contribution < -0.4 is 10.6 Å². The van der Waals surface area contributed by atoms with Crippen molar-refractivity contribution < 1.29 is 9.13 Å². The van der Waals surface area contributed by atoms with Crippen LogP contribution in [0.2, 0.25) is 0 Å². The van der Waals surface area contributed by atoms with Crippen LogP contribution in [0.5, 0.6) is 0 Å². The van der Waals surface area contributed by atoms with Crippen LogP contribution in [0.1, 0.15) is 24.9 Å². The maximum Gasteiger partial charge on any atom is 0.146 e. The number of nitrogens with two attached hydrogens (primary N) is 1.